The lowest BCUT2D eigenvalue weighted by Crippen LogP contribution is -2.25. The van der Waals surface area contributed by atoms with Gasteiger partial charge in [0.2, 0.25) is 0 Å². The second-order valence-corrected chi connectivity index (χ2v) is 2.80. The monoisotopic (exact) mass is 195 g/mol. The van der Waals surface area contributed by atoms with E-state index in [4.69, 9.17) is 0 Å². The summed E-state index contributed by atoms with van der Waals surface area (Å²) in [6, 6.07) is 7.03. The Morgan fingerprint density at radius 3 is 2.86 bits per heavy atom. The number of methoxy groups -OCH3 is 1. The number of aromatic hydroxyl groups is 1. The Balaban J connectivity index is 2.39. The lowest BCUT2D eigenvalue weighted by molar-refractivity contribution is 0.171. The van der Waals surface area contributed by atoms with E-state index in [0.717, 1.165) is 5.56 Å². The van der Waals surface area contributed by atoms with E-state index in [0.29, 0.717) is 13.0 Å². The Morgan fingerprint density at radius 1 is 1.50 bits per heavy atom. The summed E-state index contributed by atoms with van der Waals surface area (Å²) in [6.07, 6.45) is 0.127. The molecule has 0 fully saturated rings. The molecule has 0 saturated heterocycles. The van der Waals surface area contributed by atoms with E-state index >= 15 is 0 Å². The normalized spacial score (nSPS) is 9.50. The molecule has 0 saturated carbocycles. The van der Waals surface area contributed by atoms with Gasteiger partial charge in [-0.2, -0.15) is 0 Å². The van der Waals surface area contributed by atoms with Crippen molar-refractivity contribution in [1.29, 1.82) is 0 Å². The Hall–Kier alpha value is -1.71. The molecule has 0 aliphatic carbocycles. The number of para-hydroxylation sites is 1. The summed E-state index contributed by atoms with van der Waals surface area (Å²) in [4.78, 5) is 10.7. The number of benzene rings is 1. The number of nitrogens with one attached hydrogen (secondary N) is 1. The molecule has 1 aromatic carbocycles. The molecule has 0 heterocycles. The van der Waals surface area contributed by atoms with Gasteiger partial charge in [-0.15, -0.1) is 0 Å². The van der Waals surface area contributed by atoms with E-state index in [1.54, 1.807) is 12.1 Å². The molecule has 1 aromatic rings. The van der Waals surface area contributed by atoms with Crippen molar-refractivity contribution in [3.63, 3.8) is 0 Å². The average Bonchev–Trinajstić information content (AvgIpc) is 2.20. The third kappa shape index (κ3) is 2.97. The van der Waals surface area contributed by atoms with Crippen LogP contribution < -0.4 is 5.32 Å². The number of alkyl carbamates (subject to hydrolysis) is 1. The quantitative estimate of drug-likeness (QED) is 0.764. The zero-order chi connectivity index (χ0) is 10.4. The fraction of sp³-hybridized carbons (Fsp3) is 0.300. The molecule has 0 atom stereocenters. The zero-order valence-electron chi connectivity index (χ0n) is 7.99. The third-order valence-electron chi connectivity index (χ3n) is 1.84. The Morgan fingerprint density at radius 2 is 2.21 bits per heavy atom. The predicted octanol–water partition coefficient (Wildman–Crippen LogP) is 1.29. The first-order chi connectivity index (χ1) is 6.74. The summed E-state index contributed by atoms with van der Waals surface area (Å²) in [5.74, 6) is 0.249. The van der Waals surface area contributed by atoms with Crippen LogP contribution in [0.15, 0.2) is 24.3 Å². The van der Waals surface area contributed by atoms with Crippen LogP contribution in [-0.2, 0) is 11.2 Å². The molecule has 76 valence electrons. The average molecular weight is 195 g/mol. The molecule has 0 aliphatic rings. The van der Waals surface area contributed by atoms with Crippen molar-refractivity contribution in [2.75, 3.05) is 13.7 Å². The first-order valence-electron chi connectivity index (χ1n) is 4.32. The molecule has 0 bridgehead atoms. The van der Waals surface area contributed by atoms with Crippen molar-refractivity contribution < 1.29 is 14.6 Å². The van der Waals surface area contributed by atoms with Gasteiger partial charge in [-0.05, 0) is 18.1 Å². The fourth-order valence-electron chi connectivity index (χ4n) is 1.09. The summed E-state index contributed by atoms with van der Waals surface area (Å²) in [5, 5.41) is 11.9. The minimum Gasteiger partial charge on any atom is -0.508 e. The molecule has 0 aliphatic heterocycles. The maximum atomic E-state index is 10.7. The molecule has 1 amide bonds. The predicted molar refractivity (Wildman–Crippen MR) is 52.2 cm³/mol. The highest BCUT2D eigenvalue weighted by molar-refractivity contribution is 5.66. The van der Waals surface area contributed by atoms with Crippen molar-refractivity contribution in [3.8, 4) is 5.75 Å². The van der Waals surface area contributed by atoms with Gasteiger partial charge in [0, 0.05) is 6.54 Å². The molecule has 0 aromatic heterocycles. The molecular weight excluding hydrogens is 182 g/mol. The summed E-state index contributed by atoms with van der Waals surface area (Å²) < 4.78 is 4.41. The van der Waals surface area contributed by atoms with E-state index in [9.17, 15) is 9.90 Å². The van der Waals surface area contributed by atoms with Gasteiger partial charge in [-0.1, -0.05) is 18.2 Å². The van der Waals surface area contributed by atoms with Crippen molar-refractivity contribution >= 4 is 6.09 Å². The van der Waals surface area contributed by atoms with Gasteiger partial charge in [-0.3, -0.25) is 0 Å². The van der Waals surface area contributed by atoms with Crippen molar-refractivity contribution in [2.24, 2.45) is 0 Å². The number of carbonyl (C=O) groups is 1. The van der Waals surface area contributed by atoms with Crippen LogP contribution in [0.25, 0.3) is 0 Å². The van der Waals surface area contributed by atoms with Gasteiger partial charge in [0.1, 0.15) is 5.75 Å². The van der Waals surface area contributed by atoms with E-state index in [1.165, 1.54) is 7.11 Å². The van der Waals surface area contributed by atoms with Gasteiger partial charge in [0.15, 0.2) is 0 Å². The van der Waals surface area contributed by atoms with Crippen molar-refractivity contribution in [3.05, 3.63) is 29.8 Å². The minimum atomic E-state index is -0.458. The fourth-order valence-corrected chi connectivity index (χ4v) is 1.09. The maximum Gasteiger partial charge on any atom is 0.406 e. The number of hydrogen-bond acceptors (Lipinski definition) is 3. The number of phenols is 1. The van der Waals surface area contributed by atoms with Gasteiger partial charge >= 0.3 is 6.09 Å². The van der Waals surface area contributed by atoms with Crippen LogP contribution in [0.1, 0.15) is 5.56 Å². The SMILES string of the molecule is COC(=O)NCCc1ccccc1O. The first kappa shape index (κ1) is 10.4. The Kier molecular flexibility index (Phi) is 3.79. The number of ether oxygens (including phenoxy) is 1. The Bertz CT molecular complexity index is 312. The van der Waals surface area contributed by atoms with E-state index in [2.05, 4.69) is 10.1 Å². The lowest BCUT2D eigenvalue weighted by atomic mass is 10.1. The van der Waals surface area contributed by atoms with Crippen LogP contribution in [0.3, 0.4) is 0 Å². The second kappa shape index (κ2) is 5.11. The Labute approximate surface area is 82.5 Å². The molecule has 0 radical (unpaired) electrons. The van der Waals surface area contributed by atoms with Gasteiger partial charge in [0.25, 0.3) is 0 Å². The van der Waals surface area contributed by atoms with Crippen LogP contribution in [0.4, 0.5) is 4.79 Å². The number of hydrogen-bond donors (Lipinski definition) is 2. The lowest BCUT2D eigenvalue weighted by Gasteiger charge is -2.05. The topological polar surface area (TPSA) is 58.6 Å². The van der Waals surface area contributed by atoms with E-state index < -0.39 is 6.09 Å². The maximum absolute atomic E-state index is 10.7. The van der Waals surface area contributed by atoms with Gasteiger partial charge < -0.3 is 15.2 Å². The largest absolute Gasteiger partial charge is 0.508 e. The number of carbonyl (C=O) groups excluding carboxylic acids is 1. The standard InChI is InChI=1S/C10H13NO3/c1-14-10(13)11-7-6-8-4-2-3-5-9(8)12/h2-5,12H,6-7H2,1H3,(H,11,13). The van der Waals surface area contributed by atoms with E-state index in [1.807, 2.05) is 12.1 Å². The zero-order valence-corrected chi connectivity index (χ0v) is 7.99. The van der Waals surface area contributed by atoms with Gasteiger partial charge in [-0.25, -0.2) is 4.79 Å². The van der Waals surface area contributed by atoms with Crippen molar-refractivity contribution in [2.45, 2.75) is 6.42 Å². The van der Waals surface area contributed by atoms with Crippen LogP contribution in [0.5, 0.6) is 5.75 Å². The van der Waals surface area contributed by atoms with Crippen LogP contribution in [0, 0.1) is 0 Å². The van der Waals surface area contributed by atoms with Crippen LogP contribution in [0.2, 0.25) is 0 Å². The summed E-state index contributed by atoms with van der Waals surface area (Å²) in [7, 11) is 1.31. The van der Waals surface area contributed by atoms with Crippen LogP contribution in [-0.4, -0.2) is 24.9 Å². The summed E-state index contributed by atoms with van der Waals surface area (Å²) in [5.41, 5.74) is 0.809. The molecule has 1 rings (SSSR count). The van der Waals surface area contributed by atoms with Crippen LogP contribution >= 0.6 is 0 Å². The van der Waals surface area contributed by atoms with Crippen molar-refractivity contribution in [1.82, 2.24) is 5.32 Å². The summed E-state index contributed by atoms with van der Waals surface area (Å²) >= 11 is 0. The molecule has 4 nitrogen and oxygen atoms in total. The molecule has 0 unspecified atom stereocenters. The van der Waals surface area contributed by atoms with E-state index in [-0.39, 0.29) is 5.75 Å². The highest BCUT2D eigenvalue weighted by Gasteiger charge is 2.01. The number of rotatable bonds is 3. The molecule has 4 heteroatoms. The molecule has 14 heavy (non-hydrogen) atoms. The number of phenolic OH excluding ortho intramolecular Hbond substituents is 1. The smallest absolute Gasteiger partial charge is 0.406 e. The molecule has 0 spiro atoms. The van der Waals surface area contributed by atoms with Gasteiger partial charge in [0.05, 0.1) is 7.11 Å². The first-order valence-corrected chi connectivity index (χ1v) is 4.32. The highest BCUT2D eigenvalue weighted by Crippen LogP contribution is 2.15. The second-order valence-electron chi connectivity index (χ2n) is 2.80. The summed E-state index contributed by atoms with van der Waals surface area (Å²) in [6.45, 7) is 0.449. The third-order valence-corrected chi connectivity index (χ3v) is 1.84. The highest BCUT2D eigenvalue weighted by atomic mass is 16.5. The minimum absolute atomic E-state index is 0.249. The number of amides is 1. The molecular formula is C10H13NO3. The molecule has 2 N–H and O–H groups in total.